The molecule has 1 fully saturated rings. The van der Waals surface area contributed by atoms with Gasteiger partial charge in [-0.05, 0) is 48.7 Å². The SMILES string of the molecule is O=C(NCC1(c2cccc(F)c2)CCOCC1)c1ccccc1-n1cccn1. The molecule has 5 nitrogen and oxygen atoms in total. The van der Waals surface area contributed by atoms with Crippen molar-refractivity contribution in [3.05, 3.63) is 83.9 Å². The van der Waals surface area contributed by atoms with Gasteiger partial charge in [-0.2, -0.15) is 5.10 Å². The largest absolute Gasteiger partial charge is 0.381 e. The number of nitrogens with zero attached hydrogens (tertiary/aromatic N) is 2. The summed E-state index contributed by atoms with van der Waals surface area (Å²) in [5.74, 6) is -0.438. The molecule has 6 heteroatoms. The summed E-state index contributed by atoms with van der Waals surface area (Å²) in [7, 11) is 0. The van der Waals surface area contributed by atoms with Crippen LogP contribution in [0, 0.1) is 5.82 Å². The molecule has 1 N–H and O–H groups in total. The lowest BCUT2D eigenvalue weighted by molar-refractivity contribution is 0.0486. The highest BCUT2D eigenvalue weighted by Crippen LogP contribution is 2.34. The number of benzene rings is 2. The number of halogens is 1. The number of hydrogen-bond acceptors (Lipinski definition) is 3. The summed E-state index contributed by atoms with van der Waals surface area (Å²) in [6, 6.07) is 15.8. The number of amides is 1. The average Bonchev–Trinajstić information content (AvgIpc) is 3.27. The van der Waals surface area contributed by atoms with Crippen molar-refractivity contribution in [1.29, 1.82) is 0 Å². The first-order valence-electron chi connectivity index (χ1n) is 9.39. The lowest BCUT2D eigenvalue weighted by Crippen LogP contribution is -2.44. The Kier molecular flexibility index (Phi) is 5.21. The lowest BCUT2D eigenvalue weighted by atomic mass is 9.74. The first-order chi connectivity index (χ1) is 13.7. The highest BCUT2D eigenvalue weighted by molar-refractivity contribution is 5.97. The van der Waals surface area contributed by atoms with E-state index in [1.54, 1.807) is 35.3 Å². The van der Waals surface area contributed by atoms with E-state index in [1.807, 2.05) is 30.3 Å². The number of aromatic nitrogens is 2. The fourth-order valence-electron chi connectivity index (χ4n) is 3.77. The van der Waals surface area contributed by atoms with Crippen LogP contribution in [0.1, 0.15) is 28.8 Å². The van der Waals surface area contributed by atoms with Crippen LogP contribution in [0.2, 0.25) is 0 Å². The van der Waals surface area contributed by atoms with Crippen LogP contribution < -0.4 is 5.32 Å². The van der Waals surface area contributed by atoms with Crippen LogP contribution in [0.25, 0.3) is 5.69 Å². The molecule has 2 aromatic carbocycles. The number of carbonyl (C=O) groups excluding carboxylic acids is 1. The second kappa shape index (κ2) is 7.94. The Morgan fingerprint density at radius 1 is 1.14 bits per heavy atom. The van der Waals surface area contributed by atoms with Crippen LogP contribution in [0.4, 0.5) is 4.39 Å². The molecule has 4 rings (SSSR count). The van der Waals surface area contributed by atoms with E-state index in [4.69, 9.17) is 4.74 Å². The quantitative estimate of drug-likeness (QED) is 0.738. The molecule has 1 aromatic heterocycles. The molecule has 1 aliphatic rings. The van der Waals surface area contributed by atoms with Crippen LogP contribution in [-0.2, 0) is 10.2 Å². The van der Waals surface area contributed by atoms with Crippen LogP contribution in [0.5, 0.6) is 0 Å². The zero-order valence-electron chi connectivity index (χ0n) is 15.5. The summed E-state index contributed by atoms with van der Waals surface area (Å²) in [5.41, 5.74) is 1.83. The molecule has 0 unspecified atom stereocenters. The highest BCUT2D eigenvalue weighted by atomic mass is 19.1. The standard InChI is InChI=1S/C22H22FN3O2/c23-18-6-3-5-17(15-18)22(9-13-28-14-10-22)16-24-21(27)19-7-1-2-8-20(19)26-12-4-11-25-26/h1-8,11-12,15H,9-10,13-14,16H2,(H,24,27). The van der Waals surface area contributed by atoms with Gasteiger partial charge >= 0.3 is 0 Å². The number of hydrogen-bond donors (Lipinski definition) is 1. The van der Waals surface area contributed by atoms with Gasteiger partial charge in [-0.3, -0.25) is 4.79 Å². The lowest BCUT2D eigenvalue weighted by Gasteiger charge is -2.38. The molecule has 0 atom stereocenters. The summed E-state index contributed by atoms with van der Waals surface area (Å²) in [5, 5.41) is 7.30. The predicted molar refractivity (Wildman–Crippen MR) is 104 cm³/mol. The van der Waals surface area contributed by atoms with Gasteiger partial charge in [0.2, 0.25) is 0 Å². The average molecular weight is 379 g/mol. The van der Waals surface area contributed by atoms with Crippen molar-refractivity contribution in [2.24, 2.45) is 0 Å². The minimum Gasteiger partial charge on any atom is -0.381 e. The number of rotatable bonds is 5. The van der Waals surface area contributed by atoms with Crippen LogP contribution in [0.3, 0.4) is 0 Å². The second-order valence-electron chi connectivity index (χ2n) is 7.05. The maximum atomic E-state index is 13.8. The van der Waals surface area contributed by atoms with Crippen LogP contribution in [-0.4, -0.2) is 35.4 Å². The molecular weight excluding hydrogens is 357 g/mol. The van der Waals surface area contributed by atoms with Gasteiger partial charge < -0.3 is 10.1 Å². The maximum Gasteiger partial charge on any atom is 0.253 e. The van der Waals surface area contributed by atoms with Crippen molar-refractivity contribution in [3.63, 3.8) is 0 Å². The van der Waals surface area contributed by atoms with Gasteiger partial charge in [0.25, 0.3) is 5.91 Å². The molecule has 2 heterocycles. The molecule has 1 aliphatic heterocycles. The van der Waals surface area contributed by atoms with E-state index >= 15 is 0 Å². The fraction of sp³-hybridized carbons (Fsp3) is 0.273. The Balaban J connectivity index is 1.58. The minimum atomic E-state index is -0.337. The topological polar surface area (TPSA) is 56.1 Å². The van der Waals surface area contributed by atoms with E-state index in [9.17, 15) is 9.18 Å². The first-order valence-corrected chi connectivity index (χ1v) is 9.39. The van der Waals surface area contributed by atoms with Crippen LogP contribution in [0.15, 0.2) is 67.0 Å². The van der Waals surface area contributed by atoms with Gasteiger partial charge in [-0.1, -0.05) is 24.3 Å². The van der Waals surface area contributed by atoms with Crippen molar-refractivity contribution in [1.82, 2.24) is 15.1 Å². The van der Waals surface area contributed by atoms with Gasteiger partial charge in [0, 0.05) is 37.6 Å². The molecule has 0 spiro atoms. The molecule has 0 radical (unpaired) electrons. The Hall–Kier alpha value is -2.99. The Labute approximate surface area is 163 Å². The fourth-order valence-corrected chi connectivity index (χ4v) is 3.77. The third-order valence-corrected chi connectivity index (χ3v) is 5.37. The molecule has 0 aliphatic carbocycles. The molecule has 144 valence electrons. The second-order valence-corrected chi connectivity index (χ2v) is 7.05. The molecule has 0 bridgehead atoms. The number of carbonyl (C=O) groups is 1. The summed E-state index contributed by atoms with van der Waals surface area (Å²) in [6.45, 7) is 1.61. The predicted octanol–water partition coefficient (Wildman–Crippen LogP) is 3.49. The molecular formula is C22H22FN3O2. The third kappa shape index (κ3) is 3.68. The van der Waals surface area contributed by atoms with Gasteiger partial charge in [-0.15, -0.1) is 0 Å². The maximum absolute atomic E-state index is 13.8. The Morgan fingerprint density at radius 3 is 2.71 bits per heavy atom. The third-order valence-electron chi connectivity index (χ3n) is 5.37. The highest BCUT2D eigenvalue weighted by Gasteiger charge is 2.35. The van der Waals surface area contributed by atoms with E-state index in [-0.39, 0.29) is 17.1 Å². The van der Waals surface area contributed by atoms with E-state index in [0.717, 1.165) is 24.1 Å². The molecule has 0 saturated carbocycles. The molecule has 3 aromatic rings. The van der Waals surface area contributed by atoms with E-state index in [0.29, 0.717) is 25.3 Å². The van der Waals surface area contributed by atoms with Gasteiger partial charge in [0.15, 0.2) is 0 Å². The summed E-state index contributed by atoms with van der Waals surface area (Å²) >= 11 is 0. The number of para-hydroxylation sites is 1. The van der Waals surface area contributed by atoms with Crippen molar-refractivity contribution in [2.45, 2.75) is 18.3 Å². The van der Waals surface area contributed by atoms with E-state index in [2.05, 4.69) is 10.4 Å². The zero-order valence-corrected chi connectivity index (χ0v) is 15.5. The van der Waals surface area contributed by atoms with E-state index in [1.165, 1.54) is 6.07 Å². The molecule has 1 saturated heterocycles. The zero-order chi connectivity index (χ0) is 19.4. The number of nitrogens with one attached hydrogen (secondary N) is 1. The Bertz CT molecular complexity index is 950. The van der Waals surface area contributed by atoms with Crippen molar-refractivity contribution in [2.75, 3.05) is 19.8 Å². The van der Waals surface area contributed by atoms with Crippen molar-refractivity contribution < 1.29 is 13.9 Å². The van der Waals surface area contributed by atoms with Crippen molar-refractivity contribution in [3.8, 4) is 5.69 Å². The summed E-state index contributed by atoms with van der Waals surface area (Å²) < 4.78 is 21.0. The minimum absolute atomic E-state index is 0.173. The summed E-state index contributed by atoms with van der Waals surface area (Å²) in [4.78, 5) is 13.0. The smallest absolute Gasteiger partial charge is 0.253 e. The van der Waals surface area contributed by atoms with Gasteiger partial charge in [-0.25, -0.2) is 9.07 Å². The van der Waals surface area contributed by atoms with Crippen LogP contribution >= 0.6 is 0 Å². The summed E-state index contributed by atoms with van der Waals surface area (Å²) in [6.07, 6.45) is 4.95. The normalized spacial score (nSPS) is 15.9. The Morgan fingerprint density at radius 2 is 1.96 bits per heavy atom. The monoisotopic (exact) mass is 379 g/mol. The number of ether oxygens (including phenoxy) is 1. The first kappa shape index (κ1) is 18.4. The van der Waals surface area contributed by atoms with E-state index < -0.39 is 0 Å². The molecule has 28 heavy (non-hydrogen) atoms. The van der Waals surface area contributed by atoms with Gasteiger partial charge in [0.1, 0.15) is 5.82 Å². The molecule has 1 amide bonds. The van der Waals surface area contributed by atoms with Gasteiger partial charge in [0.05, 0.1) is 11.3 Å². The van der Waals surface area contributed by atoms with Crippen molar-refractivity contribution >= 4 is 5.91 Å².